The molecule has 1 aromatic heterocycles. The molecule has 26 heavy (non-hydrogen) atoms. The highest BCUT2D eigenvalue weighted by Crippen LogP contribution is 2.23. The van der Waals surface area contributed by atoms with E-state index < -0.39 is 0 Å². The molecule has 1 amide bonds. The fourth-order valence-electron chi connectivity index (χ4n) is 2.61. The van der Waals surface area contributed by atoms with Gasteiger partial charge in [0.05, 0.1) is 30.5 Å². The lowest BCUT2D eigenvalue weighted by Crippen LogP contribution is -2.42. The Labute approximate surface area is 154 Å². The number of hydrogen-bond donors (Lipinski definition) is 1. The highest BCUT2D eigenvalue weighted by atomic mass is 16.5. The molecule has 0 saturated carbocycles. The van der Waals surface area contributed by atoms with Crippen LogP contribution in [0.15, 0.2) is 60.8 Å². The van der Waals surface area contributed by atoms with E-state index in [2.05, 4.69) is 11.6 Å². The maximum atomic E-state index is 13.3. The van der Waals surface area contributed by atoms with Crippen LogP contribution in [0.1, 0.15) is 36.3 Å². The first-order valence-electron chi connectivity index (χ1n) is 8.74. The van der Waals surface area contributed by atoms with Crippen molar-refractivity contribution in [1.82, 2.24) is 9.88 Å². The summed E-state index contributed by atoms with van der Waals surface area (Å²) >= 11 is 0. The number of pyridine rings is 1. The van der Waals surface area contributed by atoms with E-state index >= 15 is 0 Å². The second kappa shape index (κ2) is 9.73. The van der Waals surface area contributed by atoms with Gasteiger partial charge in [0.2, 0.25) is 0 Å². The average Bonchev–Trinajstić information content (AvgIpc) is 2.67. The predicted octanol–water partition coefficient (Wildman–Crippen LogP) is 3.45. The van der Waals surface area contributed by atoms with Crippen LogP contribution in [0, 0.1) is 0 Å². The Kier molecular flexibility index (Phi) is 7.36. The van der Waals surface area contributed by atoms with Crippen LogP contribution in [0.2, 0.25) is 0 Å². The molecular weight excluding hydrogens is 328 g/mol. The van der Waals surface area contributed by atoms with Crippen LogP contribution in [-0.4, -0.2) is 40.2 Å². The Morgan fingerprint density at radius 3 is 2.62 bits per heavy atom. The number of carbonyl (C=O) groups is 1. The van der Waals surface area contributed by atoms with E-state index in [1.54, 1.807) is 29.3 Å². The van der Waals surface area contributed by atoms with E-state index in [0.717, 1.165) is 11.3 Å². The van der Waals surface area contributed by atoms with Crippen LogP contribution >= 0.6 is 0 Å². The highest BCUT2D eigenvalue weighted by Gasteiger charge is 2.26. The monoisotopic (exact) mass is 354 g/mol. The molecule has 5 heteroatoms. The number of rotatable bonds is 9. The van der Waals surface area contributed by atoms with E-state index in [1.165, 1.54) is 0 Å². The molecule has 0 aliphatic rings. The van der Waals surface area contributed by atoms with Crippen molar-refractivity contribution in [2.24, 2.45) is 0 Å². The molecule has 138 valence electrons. The second-order valence-electron chi connectivity index (χ2n) is 6.24. The average molecular weight is 354 g/mol. The van der Waals surface area contributed by atoms with Gasteiger partial charge in [-0.15, -0.1) is 0 Å². The van der Waals surface area contributed by atoms with Crippen molar-refractivity contribution >= 4 is 5.91 Å². The van der Waals surface area contributed by atoms with Gasteiger partial charge in [0.15, 0.2) is 0 Å². The third kappa shape index (κ3) is 5.17. The smallest absolute Gasteiger partial charge is 0.258 e. The van der Waals surface area contributed by atoms with Gasteiger partial charge >= 0.3 is 0 Å². The van der Waals surface area contributed by atoms with E-state index in [0.29, 0.717) is 30.9 Å². The van der Waals surface area contributed by atoms with Crippen LogP contribution in [0.4, 0.5) is 0 Å². The van der Waals surface area contributed by atoms with Gasteiger partial charge in [-0.3, -0.25) is 9.78 Å². The fourth-order valence-corrected chi connectivity index (χ4v) is 2.61. The van der Waals surface area contributed by atoms with Gasteiger partial charge in [0.25, 0.3) is 5.91 Å². The minimum Gasteiger partial charge on any atom is -0.488 e. The maximum absolute atomic E-state index is 13.3. The number of carbonyl (C=O) groups excluding carboxylic acids is 1. The first kappa shape index (κ1) is 19.7. The number of nitrogens with zero attached hydrogens (tertiary/aromatic N) is 2. The van der Waals surface area contributed by atoms with Gasteiger partial charge < -0.3 is 14.7 Å². The van der Waals surface area contributed by atoms with Crippen molar-refractivity contribution in [2.45, 2.75) is 32.9 Å². The van der Waals surface area contributed by atoms with Crippen LogP contribution in [-0.2, 0) is 6.54 Å². The molecule has 0 spiro atoms. The quantitative estimate of drug-likeness (QED) is 0.701. The Morgan fingerprint density at radius 1 is 1.27 bits per heavy atom. The number of hydrogen-bond acceptors (Lipinski definition) is 4. The summed E-state index contributed by atoms with van der Waals surface area (Å²) in [6.45, 7) is 8.22. The third-order valence-electron chi connectivity index (χ3n) is 4.03. The topological polar surface area (TPSA) is 62.7 Å². The molecule has 5 nitrogen and oxygen atoms in total. The van der Waals surface area contributed by atoms with E-state index in [9.17, 15) is 9.90 Å². The number of aliphatic hydroxyl groups excluding tert-OH is 1. The number of aliphatic hydroxyl groups is 1. The molecule has 0 aliphatic heterocycles. The lowest BCUT2D eigenvalue weighted by atomic mass is 10.1. The molecule has 0 fully saturated rings. The Bertz CT molecular complexity index is 727. The van der Waals surface area contributed by atoms with E-state index in [1.807, 2.05) is 38.1 Å². The SMILES string of the molecule is C=C(C)COc1ccccc1C(=O)N(Cc1ccccn1)[C@@H](CC)CO. The first-order chi connectivity index (χ1) is 12.6. The highest BCUT2D eigenvalue weighted by molar-refractivity contribution is 5.97. The third-order valence-corrected chi connectivity index (χ3v) is 4.03. The van der Waals surface area contributed by atoms with Crippen molar-refractivity contribution in [3.63, 3.8) is 0 Å². The van der Waals surface area contributed by atoms with Gasteiger partial charge in [0.1, 0.15) is 12.4 Å². The molecule has 2 rings (SSSR count). The van der Waals surface area contributed by atoms with Crippen LogP contribution in [0.5, 0.6) is 5.75 Å². The summed E-state index contributed by atoms with van der Waals surface area (Å²) in [6, 6.07) is 12.4. The van der Waals surface area contributed by atoms with Crippen molar-refractivity contribution in [3.8, 4) is 5.75 Å². The Hall–Kier alpha value is -2.66. The van der Waals surface area contributed by atoms with Gasteiger partial charge in [-0.1, -0.05) is 31.7 Å². The number of amides is 1. The molecule has 1 aromatic carbocycles. The number of para-hydroxylation sites is 1. The summed E-state index contributed by atoms with van der Waals surface area (Å²) in [7, 11) is 0. The maximum Gasteiger partial charge on any atom is 0.258 e. The van der Waals surface area contributed by atoms with E-state index in [4.69, 9.17) is 4.74 Å². The van der Waals surface area contributed by atoms with E-state index in [-0.39, 0.29) is 18.6 Å². The molecule has 1 N–H and O–H groups in total. The van der Waals surface area contributed by atoms with Crippen molar-refractivity contribution in [1.29, 1.82) is 0 Å². The first-order valence-corrected chi connectivity index (χ1v) is 8.74. The molecule has 0 bridgehead atoms. The van der Waals surface area contributed by atoms with Crippen molar-refractivity contribution in [2.75, 3.05) is 13.2 Å². The zero-order valence-electron chi connectivity index (χ0n) is 15.4. The lowest BCUT2D eigenvalue weighted by molar-refractivity contribution is 0.0556. The molecule has 1 heterocycles. The van der Waals surface area contributed by atoms with Crippen molar-refractivity contribution < 1.29 is 14.6 Å². The molecule has 1 atom stereocenters. The second-order valence-corrected chi connectivity index (χ2v) is 6.24. The van der Waals surface area contributed by atoms with Gasteiger partial charge in [0, 0.05) is 6.20 Å². The van der Waals surface area contributed by atoms with Crippen LogP contribution in [0.3, 0.4) is 0 Å². The summed E-state index contributed by atoms with van der Waals surface area (Å²) in [5, 5.41) is 9.76. The minimum absolute atomic E-state index is 0.107. The van der Waals surface area contributed by atoms with Gasteiger partial charge in [-0.2, -0.15) is 0 Å². The Morgan fingerprint density at radius 2 is 2.00 bits per heavy atom. The normalized spacial score (nSPS) is 11.7. The van der Waals surface area contributed by atoms with Crippen LogP contribution < -0.4 is 4.74 Å². The zero-order valence-corrected chi connectivity index (χ0v) is 15.4. The molecule has 0 saturated heterocycles. The van der Waals surface area contributed by atoms with Crippen molar-refractivity contribution in [3.05, 3.63) is 72.1 Å². The summed E-state index contributed by atoms with van der Waals surface area (Å²) in [6.07, 6.45) is 2.34. The summed E-state index contributed by atoms with van der Waals surface area (Å²) in [4.78, 5) is 19.2. The predicted molar refractivity (Wildman–Crippen MR) is 102 cm³/mol. The van der Waals surface area contributed by atoms with Gasteiger partial charge in [-0.25, -0.2) is 0 Å². The zero-order chi connectivity index (χ0) is 18.9. The molecular formula is C21H26N2O3. The minimum atomic E-state index is -0.293. The van der Waals surface area contributed by atoms with Crippen LogP contribution in [0.25, 0.3) is 0 Å². The summed E-state index contributed by atoms with van der Waals surface area (Å²) in [5.41, 5.74) is 2.11. The largest absolute Gasteiger partial charge is 0.488 e. The fraction of sp³-hybridized carbons (Fsp3) is 0.333. The van der Waals surface area contributed by atoms with Gasteiger partial charge in [-0.05, 0) is 43.2 Å². The number of aromatic nitrogens is 1. The summed E-state index contributed by atoms with van der Waals surface area (Å²) in [5.74, 6) is 0.327. The number of benzene rings is 1. The standard InChI is InChI=1S/C21H26N2O3/c1-4-18(14-24)23(13-17-9-7-8-12-22-17)21(25)19-10-5-6-11-20(19)26-15-16(2)3/h5-12,18,24H,2,4,13-15H2,1,3H3/t18-/m0/s1. The Balaban J connectivity index is 2.32. The lowest BCUT2D eigenvalue weighted by Gasteiger charge is -2.30. The summed E-state index contributed by atoms with van der Waals surface area (Å²) < 4.78 is 5.74. The molecule has 2 aromatic rings. The number of ether oxygens (including phenoxy) is 1. The molecule has 0 aliphatic carbocycles. The molecule has 0 unspecified atom stereocenters. The molecule has 0 radical (unpaired) electrons.